The largest absolute Gasteiger partial charge is 1.00 e. The van der Waals surface area contributed by atoms with Crippen molar-refractivity contribution in [3.8, 4) is 11.4 Å². The molecule has 226 valence electrons. The Morgan fingerprint density at radius 3 is 2.16 bits per heavy atom. The topological polar surface area (TPSA) is 122 Å². The number of aliphatic hydroxyl groups excluding tert-OH is 2. The summed E-state index contributed by atoms with van der Waals surface area (Å²) < 4.78 is 43.2. The molecule has 3 aromatic rings. The van der Waals surface area contributed by atoms with E-state index in [0.29, 0.717) is 30.2 Å². The van der Waals surface area contributed by atoms with Crippen LogP contribution in [0.3, 0.4) is 0 Å². The molecule has 0 unspecified atom stereocenters. The minimum absolute atomic E-state index is 0. The number of halogens is 3. The van der Waals surface area contributed by atoms with Gasteiger partial charge in [0.1, 0.15) is 23.3 Å². The van der Waals surface area contributed by atoms with Crippen molar-refractivity contribution < 1.29 is 67.6 Å². The molecule has 9 nitrogen and oxygen atoms in total. The molecule has 1 amide bonds. The Bertz CT molecular complexity index is 1410. The molecule has 0 aliphatic carbocycles. The Kier molecular flexibility index (Phi) is 12.2. The fraction of sp³-hybridized carbons (Fsp3) is 0.433. The minimum Gasteiger partial charge on any atom is -0.550 e. The molecule has 2 N–H and O–H groups in total. The van der Waals surface area contributed by atoms with Gasteiger partial charge in [-0.2, -0.15) is 0 Å². The standard InChI is InChI=1S/C30H35F3N4O5.Na/c1-18(2)28-27(30(42)36-13-11-35(12-14-36)25-8-7-21(32)15-24(25)33)34-29(19-3-5-20(31)6-4-19)37(28)10-9-22(38)16-23(39)17-26(40)41;/h3-8,15,18,22-23,38-39H,9-14,16-17H2,1-2H3,(H,40,41);/q;+1/p-1/t22-,23-;/m1./s1. The van der Waals surface area contributed by atoms with Crippen LogP contribution in [0.5, 0.6) is 0 Å². The molecule has 0 bridgehead atoms. The van der Waals surface area contributed by atoms with Crippen LogP contribution >= 0.6 is 0 Å². The molecule has 43 heavy (non-hydrogen) atoms. The number of benzene rings is 2. The molecule has 0 radical (unpaired) electrons. The van der Waals surface area contributed by atoms with Crippen LogP contribution < -0.4 is 39.6 Å². The van der Waals surface area contributed by atoms with Gasteiger partial charge < -0.3 is 34.5 Å². The predicted molar refractivity (Wildman–Crippen MR) is 147 cm³/mol. The van der Waals surface area contributed by atoms with E-state index >= 15 is 0 Å². The number of rotatable bonds is 11. The Hall–Kier alpha value is -2.90. The van der Waals surface area contributed by atoms with Gasteiger partial charge in [-0.3, -0.25) is 4.79 Å². The normalized spacial score (nSPS) is 14.9. The Morgan fingerprint density at radius 1 is 0.953 bits per heavy atom. The third-order valence-electron chi connectivity index (χ3n) is 7.31. The first-order valence-corrected chi connectivity index (χ1v) is 13.9. The Morgan fingerprint density at radius 2 is 1.58 bits per heavy atom. The molecule has 1 aliphatic rings. The first-order valence-electron chi connectivity index (χ1n) is 13.9. The van der Waals surface area contributed by atoms with Crippen LogP contribution in [0.4, 0.5) is 18.9 Å². The van der Waals surface area contributed by atoms with E-state index in [-0.39, 0.29) is 85.2 Å². The number of carboxylic acids is 1. The molecule has 1 fully saturated rings. The summed E-state index contributed by atoms with van der Waals surface area (Å²) in [5.74, 6) is -3.31. The van der Waals surface area contributed by atoms with E-state index in [0.717, 1.165) is 6.07 Å². The monoisotopic (exact) mass is 610 g/mol. The van der Waals surface area contributed by atoms with E-state index in [2.05, 4.69) is 0 Å². The summed E-state index contributed by atoms with van der Waals surface area (Å²) in [5.41, 5.74) is 1.63. The average Bonchev–Trinajstić information content (AvgIpc) is 3.31. The Labute approximate surface area is 270 Å². The number of aromatic nitrogens is 2. The van der Waals surface area contributed by atoms with E-state index in [4.69, 9.17) is 4.98 Å². The minimum atomic E-state index is -1.42. The van der Waals surface area contributed by atoms with Crippen molar-refractivity contribution in [1.82, 2.24) is 14.5 Å². The van der Waals surface area contributed by atoms with Gasteiger partial charge in [-0.15, -0.1) is 0 Å². The molecular weight excluding hydrogens is 576 g/mol. The first-order chi connectivity index (χ1) is 19.9. The van der Waals surface area contributed by atoms with Gasteiger partial charge in [-0.05, 0) is 55.2 Å². The van der Waals surface area contributed by atoms with Crippen molar-refractivity contribution in [1.29, 1.82) is 0 Å². The number of imidazole rings is 1. The maximum atomic E-state index is 14.3. The molecule has 2 aromatic carbocycles. The molecular formula is C30H34F3N4NaO5. The maximum absolute atomic E-state index is 14.3. The van der Waals surface area contributed by atoms with E-state index in [1.54, 1.807) is 26.5 Å². The van der Waals surface area contributed by atoms with Crippen LogP contribution in [0.15, 0.2) is 42.5 Å². The average molecular weight is 611 g/mol. The van der Waals surface area contributed by atoms with Crippen LogP contribution in [0, 0.1) is 17.5 Å². The zero-order valence-corrected chi connectivity index (χ0v) is 26.5. The smallest absolute Gasteiger partial charge is 0.550 e. The van der Waals surface area contributed by atoms with Crippen molar-refractivity contribution in [2.24, 2.45) is 0 Å². The number of carboxylic acid groups (broad SMARTS) is 1. The number of carbonyl (C=O) groups excluding carboxylic acids is 2. The molecule has 1 aliphatic heterocycles. The molecule has 4 rings (SSSR count). The van der Waals surface area contributed by atoms with Crippen LogP contribution in [-0.2, 0) is 11.3 Å². The number of hydrogen-bond donors (Lipinski definition) is 2. The van der Waals surface area contributed by atoms with Crippen LogP contribution in [0.25, 0.3) is 11.4 Å². The number of amides is 1. The van der Waals surface area contributed by atoms with Crippen molar-refractivity contribution in [2.45, 2.75) is 57.8 Å². The molecule has 1 aromatic heterocycles. The first kappa shape index (κ1) is 34.6. The SMILES string of the molecule is CC(C)c1c(C(=O)N2CCN(c3ccc(F)cc3F)CC2)nc(-c2ccc(F)cc2)n1CC[C@@H](O)C[C@@H](O)CC(=O)[O-].[Na+]. The molecule has 13 heteroatoms. The zero-order valence-electron chi connectivity index (χ0n) is 24.5. The summed E-state index contributed by atoms with van der Waals surface area (Å²) in [5, 5.41) is 31.2. The van der Waals surface area contributed by atoms with Gasteiger partial charge in [-0.1, -0.05) is 13.8 Å². The van der Waals surface area contributed by atoms with Crippen molar-refractivity contribution in [3.05, 3.63) is 71.3 Å². The van der Waals surface area contributed by atoms with E-state index in [1.807, 2.05) is 13.8 Å². The number of nitrogens with zero attached hydrogens (tertiary/aromatic N) is 4. The number of piperazine rings is 1. The van der Waals surface area contributed by atoms with Gasteiger partial charge in [-0.25, -0.2) is 18.2 Å². The Balaban J connectivity index is 0.00000506. The summed E-state index contributed by atoms with van der Waals surface area (Å²) in [6, 6.07) is 9.04. The van der Waals surface area contributed by atoms with Crippen molar-refractivity contribution >= 4 is 17.6 Å². The molecule has 0 spiro atoms. The zero-order chi connectivity index (χ0) is 30.6. The molecule has 2 heterocycles. The van der Waals surface area contributed by atoms with Crippen LogP contribution in [0.2, 0.25) is 0 Å². The quantitative estimate of drug-likeness (QED) is 0.286. The van der Waals surface area contributed by atoms with Gasteiger partial charge in [0.05, 0.1) is 23.6 Å². The fourth-order valence-electron chi connectivity index (χ4n) is 5.28. The summed E-state index contributed by atoms with van der Waals surface area (Å²) in [6.07, 6.45) is -2.95. The fourth-order valence-corrected chi connectivity index (χ4v) is 5.28. The summed E-state index contributed by atoms with van der Waals surface area (Å²) >= 11 is 0. The second-order valence-corrected chi connectivity index (χ2v) is 10.8. The second kappa shape index (κ2) is 15.2. The van der Waals surface area contributed by atoms with Crippen molar-refractivity contribution in [2.75, 3.05) is 31.1 Å². The third kappa shape index (κ3) is 8.60. The van der Waals surface area contributed by atoms with E-state index < -0.39 is 42.0 Å². The molecule has 2 atom stereocenters. The van der Waals surface area contributed by atoms with Gasteiger partial charge in [0.15, 0.2) is 5.69 Å². The third-order valence-corrected chi connectivity index (χ3v) is 7.31. The maximum Gasteiger partial charge on any atom is 1.00 e. The number of anilines is 1. The van der Waals surface area contributed by atoms with Gasteiger partial charge >= 0.3 is 29.6 Å². The number of hydrogen-bond acceptors (Lipinski definition) is 7. The van der Waals surface area contributed by atoms with E-state index in [1.165, 1.54) is 24.3 Å². The molecule has 1 saturated heterocycles. The van der Waals surface area contributed by atoms with Crippen molar-refractivity contribution in [3.63, 3.8) is 0 Å². The summed E-state index contributed by atoms with van der Waals surface area (Å²) in [6.45, 7) is 5.20. The predicted octanol–water partition coefficient (Wildman–Crippen LogP) is -0.301. The van der Waals surface area contributed by atoms with Gasteiger partial charge in [0.25, 0.3) is 5.91 Å². The van der Waals surface area contributed by atoms with Crippen LogP contribution in [0.1, 0.15) is 55.2 Å². The number of carbonyl (C=O) groups is 2. The van der Waals surface area contributed by atoms with Gasteiger partial charge in [0, 0.05) is 56.7 Å². The van der Waals surface area contributed by atoms with Gasteiger partial charge in [0.2, 0.25) is 0 Å². The van der Waals surface area contributed by atoms with E-state index in [9.17, 15) is 38.1 Å². The number of aliphatic hydroxyl groups is 2. The molecule has 0 saturated carbocycles. The second-order valence-electron chi connectivity index (χ2n) is 10.8. The summed E-state index contributed by atoms with van der Waals surface area (Å²) in [7, 11) is 0. The number of aliphatic carboxylic acids is 1. The summed E-state index contributed by atoms with van der Waals surface area (Å²) in [4.78, 5) is 32.7. The van der Waals surface area contributed by atoms with Crippen LogP contribution in [-0.4, -0.2) is 74.9 Å².